The number of carbonyl (C=O) groups is 3. The van der Waals surface area contributed by atoms with Gasteiger partial charge in [-0.15, -0.1) is 10.2 Å². The Morgan fingerprint density at radius 3 is 2.40 bits per heavy atom. The molecule has 2 aromatic heterocycles. The van der Waals surface area contributed by atoms with Crippen molar-refractivity contribution < 1.29 is 24.2 Å². The number of rotatable bonds is 6. The van der Waals surface area contributed by atoms with E-state index in [1.165, 1.54) is 5.56 Å². The number of aromatic nitrogens is 3. The topological polar surface area (TPSA) is 144 Å². The molecule has 9 rings (SSSR count). The number of imide groups is 1. The average molecular weight is 742 g/mol. The fourth-order valence-corrected chi connectivity index (χ4v) is 8.75. The van der Waals surface area contributed by atoms with Crippen LogP contribution in [0.2, 0.25) is 0 Å². The summed E-state index contributed by atoms with van der Waals surface area (Å²) in [5.74, 6) is 1.05. The molecule has 1 atom stereocenters. The SMILES string of the molecule is CC.O=C1CCC(N2CCOc3c(C4CCC(N5CCN(c6ccc(-c7c[nH]c8nnc(-c9ccccc9O)cc78)cc6)C(=O)C5)CC4)cccc32)C(=O)N1. The third kappa shape index (κ3) is 7.02. The average Bonchev–Trinajstić information content (AvgIpc) is 3.65. The van der Waals surface area contributed by atoms with Crippen molar-refractivity contribution in [3.05, 3.63) is 84.6 Å². The molecule has 0 spiro atoms. The second-order valence-corrected chi connectivity index (χ2v) is 14.5. The van der Waals surface area contributed by atoms with Crippen LogP contribution in [0.1, 0.15) is 63.9 Å². The Balaban J connectivity index is 0.00000210. The van der Waals surface area contributed by atoms with E-state index in [9.17, 15) is 19.5 Å². The van der Waals surface area contributed by atoms with Gasteiger partial charge >= 0.3 is 0 Å². The molecule has 2 saturated heterocycles. The lowest BCUT2D eigenvalue weighted by Crippen LogP contribution is -2.54. The number of aromatic amines is 1. The van der Waals surface area contributed by atoms with E-state index in [0.717, 1.165) is 65.9 Å². The first-order valence-electron chi connectivity index (χ1n) is 19.6. The van der Waals surface area contributed by atoms with Gasteiger partial charge in [0.2, 0.25) is 17.7 Å². The molecule has 55 heavy (non-hydrogen) atoms. The lowest BCUT2D eigenvalue weighted by Gasteiger charge is -2.42. The van der Waals surface area contributed by atoms with Gasteiger partial charge in [-0.05, 0) is 85.5 Å². The Bertz CT molecular complexity index is 2210. The summed E-state index contributed by atoms with van der Waals surface area (Å²) in [6.07, 6.45) is 6.81. The second kappa shape index (κ2) is 15.5. The van der Waals surface area contributed by atoms with Crippen LogP contribution >= 0.6 is 0 Å². The third-order valence-corrected chi connectivity index (χ3v) is 11.5. The summed E-state index contributed by atoms with van der Waals surface area (Å²) in [5, 5.41) is 22.4. The molecule has 0 radical (unpaired) electrons. The third-order valence-electron chi connectivity index (χ3n) is 11.5. The van der Waals surface area contributed by atoms with Crippen LogP contribution < -0.4 is 19.9 Å². The fraction of sp³-hybridized carbons (Fsp3) is 0.372. The lowest BCUT2D eigenvalue weighted by atomic mass is 9.80. The van der Waals surface area contributed by atoms with Gasteiger partial charge in [-0.1, -0.05) is 50.2 Å². The zero-order chi connectivity index (χ0) is 38.1. The van der Waals surface area contributed by atoms with E-state index in [4.69, 9.17) is 4.74 Å². The minimum atomic E-state index is -0.365. The van der Waals surface area contributed by atoms with Crippen molar-refractivity contribution in [2.24, 2.45) is 0 Å². The molecule has 12 nitrogen and oxygen atoms in total. The molecule has 3 fully saturated rings. The summed E-state index contributed by atoms with van der Waals surface area (Å²) in [4.78, 5) is 47.6. The number of para-hydroxylation sites is 2. The number of phenolic OH excluding ortho intramolecular Hbond substituents is 1. The summed E-state index contributed by atoms with van der Waals surface area (Å²) in [6, 6.07) is 23.4. The van der Waals surface area contributed by atoms with Gasteiger partial charge in [0.1, 0.15) is 24.1 Å². The molecular weight excluding hydrogens is 695 g/mol. The number of ether oxygens (including phenoxy) is 1. The van der Waals surface area contributed by atoms with E-state index in [-0.39, 0.29) is 29.5 Å². The van der Waals surface area contributed by atoms with Crippen LogP contribution in [0.4, 0.5) is 11.4 Å². The lowest BCUT2D eigenvalue weighted by molar-refractivity contribution is -0.134. The maximum atomic E-state index is 13.6. The molecule has 1 unspecified atom stereocenters. The summed E-state index contributed by atoms with van der Waals surface area (Å²) in [5.41, 5.74) is 6.86. The maximum absolute atomic E-state index is 13.6. The van der Waals surface area contributed by atoms with E-state index < -0.39 is 0 Å². The number of phenols is 1. The minimum absolute atomic E-state index is 0.111. The van der Waals surface area contributed by atoms with Gasteiger partial charge in [0, 0.05) is 53.9 Å². The number of nitrogens with one attached hydrogen (secondary N) is 2. The van der Waals surface area contributed by atoms with Crippen LogP contribution in [-0.2, 0) is 14.4 Å². The molecule has 0 bridgehead atoms. The number of carbonyl (C=O) groups excluding carboxylic acids is 3. The summed E-state index contributed by atoms with van der Waals surface area (Å²) in [7, 11) is 0. The number of amides is 3. The van der Waals surface area contributed by atoms with Crippen LogP contribution in [0.3, 0.4) is 0 Å². The molecule has 3 amide bonds. The van der Waals surface area contributed by atoms with Gasteiger partial charge in [-0.25, -0.2) is 0 Å². The van der Waals surface area contributed by atoms with Crippen LogP contribution in [0.25, 0.3) is 33.4 Å². The van der Waals surface area contributed by atoms with Crippen molar-refractivity contribution in [2.45, 2.75) is 70.4 Å². The smallest absolute Gasteiger partial charge is 0.249 e. The zero-order valence-electron chi connectivity index (χ0n) is 31.3. The van der Waals surface area contributed by atoms with Gasteiger partial charge in [0.25, 0.3) is 0 Å². The number of fused-ring (bicyclic) bond motifs is 2. The number of nitrogens with zero attached hydrogens (tertiary/aromatic N) is 5. The molecular formula is C43H47N7O5. The first-order valence-corrected chi connectivity index (χ1v) is 19.6. The highest BCUT2D eigenvalue weighted by atomic mass is 16.5. The van der Waals surface area contributed by atoms with E-state index in [1.54, 1.807) is 12.1 Å². The predicted octanol–water partition coefficient (Wildman–Crippen LogP) is 6.40. The highest BCUT2D eigenvalue weighted by Crippen LogP contribution is 2.45. The van der Waals surface area contributed by atoms with E-state index in [0.29, 0.717) is 67.9 Å². The molecule has 3 aliphatic heterocycles. The highest BCUT2D eigenvalue weighted by Gasteiger charge is 2.37. The van der Waals surface area contributed by atoms with Crippen molar-refractivity contribution >= 4 is 40.1 Å². The van der Waals surface area contributed by atoms with E-state index in [1.807, 2.05) is 73.5 Å². The monoisotopic (exact) mass is 741 g/mol. The van der Waals surface area contributed by atoms with E-state index >= 15 is 0 Å². The Morgan fingerprint density at radius 1 is 0.836 bits per heavy atom. The van der Waals surface area contributed by atoms with Gasteiger partial charge in [0.15, 0.2) is 5.65 Å². The minimum Gasteiger partial charge on any atom is -0.507 e. The number of benzene rings is 3. The molecule has 284 valence electrons. The Hall–Kier alpha value is -5.75. The van der Waals surface area contributed by atoms with Crippen molar-refractivity contribution in [1.82, 2.24) is 25.4 Å². The van der Waals surface area contributed by atoms with Gasteiger partial charge in [-0.3, -0.25) is 24.6 Å². The number of piperazine rings is 1. The zero-order valence-corrected chi connectivity index (χ0v) is 31.3. The van der Waals surface area contributed by atoms with Crippen molar-refractivity contribution in [1.29, 1.82) is 0 Å². The molecule has 5 aromatic rings. The van der Waals surface area contributed by atoms with Gasteiger partial charge in [0.05, 0.1) is 24.5 Å². The number of hydrogen-bond donors (Lipinski definition) is 3. The highest BCUT2D eigenvalue weighted by molar-refractivity contribution is 6.02. The molecule has 1 aliphatic carbocycles. The molecule has 3 N–H and O–H groups in total. The molecule has 5 heterocycles. The largest absolute Gasteiger partial charge is 0.507 e. The Labute approximate surface area is 320 Å². The Kier molecular flexibility index (Phi) is 10.2. The Morgan fingerprint density at radius 2 is 1.64 bits per heavy atom. The summed E-state index contributed by atoms with van der Waals surface area (Å²) >= 11 is 0. The first-order chi connectivity index (χ1) is 26.9. The molecule has 1 saturated carbocycles. The fourth-order valence-electron chi connectivity index (χ4n) is 8.75. The van der Waals surface area contributed by atoms with Crippen molar-refractivity contribution in [2.75, 3.05) is 42.6 Å². The van der Waals surface area contributed by atoms with Crippen LogP contribution in [0.5, 0.6) is 11.5 Å². The molecule has 3 aromatic carbocycles. The number of aromatic hydroxyl groups is 1. The number of piperidine rings is 1. The summed E-state index contributed by atoms with van der Waals surface area (Å²) < 4.78 is 6.25. The normalized spacial score (nSPS) is 21.7. The number of anilines is 2. The predicted molar refractivity (Wildman–Crippen MR) is 212 cm³/mol. The first kappa shape index (κ1) is 36.2. The van der Waals surface area contributed by atoms with Gasteiger partial charge in [-0.2, -0.15) is 0 Å². The van der Waals surface area contributed by atoms with Crippen LogP contribution in [-0.4, -0.2) is 87.8 Å². The maximum Gasteiger partial charge on any atom is 0.249 e. The van der Waals surface area contributed by atoms with Gasteiger partial charge < -0.3 is 24.6 Å². The standard InChI is InChI=1S/C41H41N7O5.C2H6/c49-36-7-2-1-4-30(36)33-22-31-32(23-42-40(31)45-44-33)26-10-14-28(15-11-26)47-19-18-46(24-38(47)51)27-12-8-25(9-13-27)29-5-3-6-34-39(29)53-21-20-48(34)35-16-17-37(50)43-41(35)52;1-2/h1-7,10-11,14-15,22-23,25,27,35,49H,8-9,12-13,16-21,24H2,(H,42,45)(H,43,50,52);1-2H3. The summed E-state index contributed by atoms with van der Waals surface area (Å²) in [6.45, 7) is 6.98. The van der Waals surface area contributed by atoms with Crippen molar-refractivity contribution in [3.8, 4) is 33.9 Å². The number of hydrogen-bond acceptors (Lipinski definition) is 9. The quantitative estimate of drug-likeness (QED) is 0.169. The number of H-pyrrole nitrogens is 1. The molecule has 12 heteroatoms. The molecule has 4 aliphatic rings. The second-order valence-electron chi connectivity index (χ2n) is 14.5. The van der Waals surface area contributed by atoms with Crippen molar-refractivity contribution in [3.63, 3.8) is 0 Å². The van der Waals surface area contributed by atoms with Crippen LogP contribution in [0.15, 0.2) is 79.0 Å². The van der Waals surface area contributed by atoms with Crippen LogP contribution in [0, 0.1) is 0 Å². The van der Waals surface area contributed by atoms with E-state index in [2.05, 4.69) is 42.4 Å².